The fourth-order valence-corrected chi connectivity index (χ4v) is 2.33. The van der Waals surface area contributed by atoms with Crippen LogP contribution in [0.25, 0.3) is 0 Å². The summed E-state index contributed by atoms with van der Waals surface area (Å²) >= 11 is 1.91. The summed E-state index contributed by atoms with van der Waals surface area (Å²) in [4.78, 5) is 0. The minimum atomic E-state index is 0.597. The molecule has 0 heterocycles. The van der Waals surface area contributed by atoms with Gasteiger partial charge in [-0.3, -0.25) is 0 Å². The Hall–Kier alpha value is -1.14. The van der Waals surface area contributed by atoms with Crippen molar-refractivity contribution in [3.63, 3.8) is 0 Å². The predicted octanol–water partition coefficient (Wildman–Crippen LogP) is 3.46. The second-order valence-electron chi connectivity index (χ2n) is 4.06. The second-order valence-corrected chi connectivity index (χ2v) is 5.09. The van der Waals surface area contributed by atoms with Gasteiger partial charge in [-0.2, -0.15) is 17.0 Å². The van der Waals surface area contributed by atoms with Crippen LogP contribution < -0.4 is 4.74 Å². The van der Waals surface area contributed by atoms with Gasteiger partial charge in [0.05, 0.1) is 12.7 Å². The van der Waals surface area contributed by atoms with Crippen LogP contribution in [0.1, 0.15) is 25.0 Å². The van der Waals surface area contributed by atoms with Gasteiger partial charge in [0.1, 0.15) is 11.8 Å². The van der Waals surface area contributed by atoms with Crippen molar-refractivity contribution in [1.82, 2.24) is 0 Å². The van der Waals surface area contributed by atoms with Gasteiger partial charge in [0.2, 0.25) is 0 Å². The highest BCUT2D eigenvalue weighted by Crippen LogP contribution is 2.22. The molecule has 0 atom stereocenters. The van der Waals surface area contributed by atoms with Crippen LogP contribution in [0.15, 0.2) is 18.2 Å². The van der Waals surface area contributed by atoms with Gasteiger partial charge in [0.25, 0.3) is 0 Å². The number of rotatable bonds is 5. The summed E-state index contributed by atoms with van der Waals surface area (Å²) in [5.74, 6) is 3.51. The molecule has 0 amide bonds. The Balaban J connectivity index is 2.65. The topological polar surface area (TPSA) is 33.0 Å². The molecule has 0 unspecified atom stereocenters. The molecule has 0 radical (unpaired) electrons. The number of methoxy groups -OCH3 is 1. The van der Waals surface area contributed by atoms with Crippen molar-refractivity contribution in [2.45, 2.75) is 19.6 Å². The molecule has 0 saturated heterocycles. The summed E-state index contributed by atoms with van der Waals surface area (Å²) in [5.41, 5.74) is 1.81. The third-order valence-corrected chi connectivity index (χ3v) is 3.55. The standard InChI is InChI=1S/C13H17NOS/c1-10(2)8-16-9-11-4-5-12(7-14)13(6-11)15-3/h4-6,10H,8-9H2,1-3H3. The van der Waals surface area contributed by atoms with E-state index in [-0.39, 0.29) is 0 Å². The van der Waals surface area contributed by atoms with Crippen molar-refractivity contribution in [2.24, 2.45) is 5.92 Å². The van der Waals surface area contributed by atoms with Crippen molar-refractivity contribution < 1.29 is 4.74 Å². The fourth-order valence-electron chi connectivity index (χ4n) is 1.33. The van der Waals surface area contributed by atoms with E-state index < -0.39 is 0 Å². The maximum atomic E-state index is 8.85. The smallest absolute Gasteiger partial charge is 0.136 e. The van der Waals surface area contributed by atoms with Gasteiger partial charge >= 0.3 is 0 Å². The normalized spacial score (nSPS) is 10.2. The van der Waals surface area contributed by atoms with E-state index in [9.17, 15) is 0 Å². The molecular weight excluding hydrogens is 218 g/mol. The molecule has 0 N–H and O–H groups in total. The van der Waals surface area contributed by atoms with Crippen molar-refractivity contribution in [1.29, 1.82) is 5.26 Å². The molecule has 1 rings (SSSR count). The molecule has 3 heteroatoms. The molecule has 0 fully saturated rings. The van der Waals surface area contributed by atoms with Gasteiger partial charge in [0.15, 0.2) is 0 Å². The SMILES string of the molecule is COc1cc(CSCC(C)C)ccc1C#N. The molecule has 1 aromatic rings. The van der Waals surface area contributed by atoms with Crippen LogP contribution in [0.5, 0.6) is 5.75 Å². The molecule has 0 spiro atoms. The van der Waals surface area contributed by atoms with Crippen LogP contribution in [-0.4, -0.2) is 12.9 Å². The molecule has 0 bridgehead atoms. The van der Waals surface area contributed by atoms with Crippen molar-refractivity contribution in [3.05, 3.63) is 29.3 Å². The van der Waals surface area contributed by atoms with E-state index in [0.29, 0.717) is 17.2 Å². The maximum absolute atomic E-state index is 8.85. The van der Waals surface area contributed by atoms with E-state index in [2.05, 4.69) is 19.9 Å². The molecule has 0 aromatic heterocycles. The van der Waals surface area contributed by atoms with Crippen LogP contribution in [0.4, 0.5) is 0 Å². The molecule has 2 nitrogen and oxygen atoms in total. The quantitative estimate of drug-likeness (QED) is 0.783. The maximum Gasteiger partial charge on any atom is 0.136 e. The van der Waals surface area contributed by atoms with Gasteiger partial charge in [0, 0.05) is 5.75 Å². The number of nitrogens with zero attached hydrogens (tertiary/aromatic N) is 1. The number of ether oxygens (including phenoxy) is 1. The Kier molecular flexibility index (Phi) is 5.21. The molecule has 0 aliphatic rings. The molecule has 0 aliphatic carbocycles. The van der Waals surface area contributed by atoms with Crippen LogP contribution in [-0.2, 0) is 5.75 Å². The van der Waals surface area contributed by atoms with Crippen molar-refractivity contribution >= 4 is 11.8 Å². The lowest BCUT2D eigenvalue weighted by atomic mass is 10.1. The Labute approximate surface area is 102 Å². The highest BCUT2D eigenvalue weighted by atomic mass is 32.2. The average Bonchev–Trinajstić information content (AvgIpc) is 2.28. The summed E-state index contributed by atoms with van der Waals surface area (Å²) < 4.78 is 5.17. The highest BCUT2D eigenvalue weighted by molar-refractivity contribution is 7.98. The van der Waals surface area contributed by atoms with E-state index in [1.807, 2.05) is 30.0 Å². The van der Waals surface area contributed by atoms with E-state index in [0.717, 1.165) is 11.5 Å². The number of hydrogen-bond acceptors (Lipinski definition) is 3. The summed E-state index contributed by atoms with van der Waals surface area (Å²) in [6, 6.07) is 7.88. The van der Waals surface area contributed by atoms with Gasteiger partial charge in [-0.15, -0.1) is 0 Å². The molecule has 16 heavy (non-hydrogen) atoms. The van der Waals surface area contributed by atoms with Crippen molar-refractivity contribution in [3.8, 4) is 11.8 Å². The second kappa shape index (κ2) is 6.44. The Morgan fingerprint density at radius 2 is 2.19 bits per heavy atom. The summed E-state index contributed by atoms with van der Waals surface area (Å²) in [7, 11) is 1.60. The lowest BCUT2D eigenvalue weighted by molar-refractivity contribution is 0.413. The zero-order valence-electron chi connectivity index (χ0n) is 9.99. The molecule has 0 aliphatic heterocycles. The third-order valence-electron chi connectivity index (χ3n) is 2.11. The monoisotopic (exact) mass is 235 g/mol. The van der Waals surface area contributed by atoms with E-state index in [1.54, 1.807) is 7.11 Å². The van der Waals surface area contributed by atoms with E-state index >= 15 is 0 Å². The van der Waals surface area contributed by atoms with E-state index in [4.69, 9.17) is 10.00 Å². The van der Waals surface area contributed by atoms with E-state index in [1.165, 1.54) is 5.56 Å². The lowest BCUT2D eigenvalue weighted by Crippen LogP contribution is -1.93. The predicted molar refractivity (Wildman–Crippen MR) is 68.7 cm³/mol. The first-order chi connectivity index (χ1) is 7.67. The first kappa shape index (κ1) is 12.9. The minimum Gasteiger partial charge on any atom is -0.495 e. The first-order valence-corrected chi connectivity index (χ1v) is 6.47. The van der Waals surface area contributed by atoms with Gasteiger partial charge in [-0.1, -0.05) is 19.9 Å². The Morgan fingerprint density at radius 3 is 2.75 bits per heavy atom. The number of hydrogen-bond donors (Lipinski definition) is 0. The Morgan fingerprint density at radius 1 is 1.44 bits per heavy atom. The van der Waals surface area contributed by atoms with Crippen LogP contribution in [0.3, 0.4) is 0 Å². The Bertz CT molecular complexity index is 382. The summed E-state index contributed by atoms with van der Waals surface area (Å²) in [5, 5.41) is 8.85. The zero-order valence-corrected chi connectivity index (χ0v) is 10.8. The molecular formula is C13H17NOS. The number of nitriles is 1. The summed E-state index contributed by atoms with van der Waals surface area (Å²) in [6.07, 6.45) is 0. The first-order valence-electron chi connectivity index (χ1n) is 5.32. The number of thioether (sulfide) groups is 1. The minimum absolute atomic E-state index is 0.597. The highest BCUT2D eigenvalue weighted by Gasteiger charge is 2.04. The molecule has 86 valence electrons. The van der Waals surface area contributed by atoms with Crippen LogP contribution in [0, 0.1) is 17.2 Å². The van der Waals surface area contributed by atoms with Crippen LogP contribution >= 0.6 is 11.8 Å². The van der Waals surface area contributed by atoms with Crippen molar-refractivity contribution in [2.75, 3.05) is 12.9 Å². The van der Waals surface area contributed by atoms with Gasteiger partial charge in [-0.05, 0) is 29.4 Å². The zero-order chi connectivity index (χ0) is 12.0. The van der Waals surface area contributed by atoms with Gasteiger partial charge in [-0.25, -0.2) is 0 Å². The average molecular weight is 235 g/mol. The largest absolute Gasteiger partial charge is 0.495 e. The number of benzene rings is 1. The van der Waals surface area contributed by atoms with Gasteiger partial charge < -0.3 is 4.74 Å². The molecule has 1 aromatic carbocycles. The lowest BCUT2D eigenvalue weighted by Gasteiger charge is -2.07. The third kappa shape index (κ3) is 3.79. The van der Waals surface area contributed by atoms with Crippen LogP contribution in [0.2, 0.25) is 0 Å². The fraction of sp³-hybridized carbons (Fsp3) is 0.462. The summed E-state index contributed by atoms with van der Waals surface area (Å²) in [6.45, 7) is 4.43. The molecule has 0 saturated carbocycles.